The third-order valence-corrected chi connectivity index (χ3v) is 7.70. The monoisotopic (exact) mass is 510 g/mol. The first-order valence-electron chi connectivity index (χ1n) is 13.2. The van der Waals surface area contributed by atoms with Crippen molar-refractivity contribution in [3.8, 4) is 0 Å². The van der Waals surface area contributed by atoms with Gasteiger partial charge in [0.1, 0.15) is 5.78 Å². The molecule has 2 aromatic heterocycles. The quantitative estimate of drug-likeness (QED) is 0.360. The first-order chi connectivity index (χ1) is 18.4. The average molecular weight is 511 g/mol. The first kappa shape index (κ1) is 24.6. The molecule has 4 aromatic rings. The number of hydrogen-bond donors (Lipinski definition) is 0. The highest BCUT2D eigenvalue weighted by Crippen LogP contribution is 2.43. The lowest BCUT2D eigenvalue weighted by Crippen LogP contribution is -2.67. The van der Waals surface area contributed by atoms with Crippen molar-refractivity contribution in [2.75, 3.05) is 26.2 Å². The molecule has 9 heteroatoms. The van der Waals surface area contributed by atoms with Crippen molar-refractivity contribution < 1.29 is 4.79 Å². The fraction of sp³-hybridized carbons (Fsp3) is 0.414. The molecule has 0 N–H and O–H groups in total. The smallest absolute Gasteiger partial charge is 0.149 e. The average Bonchev–Trinajstić information content (AvgIpc) is 3.51. The number of carbonyl (C=O) groups is 1. The molecule has 2 fully saturated rings. The van der Waals surface area contributed by atoms with E-state index < -0.39 is 10.8 Å². The number of hydrogen-bond acceptors (Lipinski definition) is 7. The Labute approximate surface area is 223 Å². The number of fused-ring (bicyclic) bond motifs is 2. The lowest BCUT2D eigenvalue weighted by atomic mass is 9.64. The Kier molecular flexibility index (Phi) is 6.41. The molecular formula is C29H34N8O. The van der Waals surface area contributed by atoms with Crippen LogP contribution in [-0.2, 0) is 31.0 Å². The van der Waals surface area contributed by atoms with Crippen LogP contribution in [0.4, 0.5) is 0 Å². The zero-order chi connectivity index (χ0) is 26.2. The Bertz CT molecular complexity index is 1280. The summed E-state index contributed by atoms with van der Waals surface area (Å²) in [5.41, 5.74) is 3.39. The van der Waals surface area contributed by atoms with Gasteiger partial charge in [0.05, 0.1) is 47.7 Å². The number of aromatic nitrogens is 6. The van der Waals surface area contributed by atoms with Gasteiger partial charge in [0.25, 0.3) is 0 Å². The van der Waals surface area contributed by atoms with E-state index in [9.17, 15) is 4.79 Å². The van der Waals surface area contributed by atoms with Gasteiger partial charge in [-0.05, 0) is 11.1 Å². The SMILES string of the molecule is CC12CN(Cc3cn(Cc4ccccc4)nn3)CC(C)(CN(Cc3cn(Cc4ccccc4)nn3)C1)C2=O. The predicted molar refractivity (Wildman–Crippen MR) is 143 cm³/mol. The first-order valence-corrected chi connectivity index (χ1v) is 13.2. The van der Waals surface area contributed by atoms with Gasteiger partial charge < -0.3 is 0 Å². The van der Waals surface area contributed by atoms with E-state index in [1.807, 2.05) is 58.2 Å². The van der Waals surface area contributed by atoms with Crippen LogP contribution < -0.4 is 0 Å². The highest BCUT2D eigenvalue weighted by atomic mass is 16.1. The van der Waals surface area contributed by atoms with Crippen LogP contribution in [0, 0.1) is 10.8 Å². The molecular weight excluding hydrogens is 476 g/mol. The van der Waals surface area contributed by atoms with Crippen molar-refractivity contribution in [1.29, 1.82) is 0 Å². The summed E-state index contributed by atoms with van der Waals surface area (Å²) in [4.78, 5) is 18.3. The fourth-order valence-electron chi connectivity index (χ4n) is 6.40. The number of carbonyl (C=O) groups excluding carboxylic acids is 1. The van der Waals surface area contributed by atoms with Crippen LogP contribution in [0.3, 0.4) is 0 Å². The van der Waals surface area contributed by atoms with Gasteiger partial charge in [0.2, 0.25) is 0 Å². The molecule has 0 radical (unpaired) electrons. The van der Waals surface area contributed by atoms with Crippen molar-refractivity contribution in [2.24, 2.45) is 10.8 Å². The molecule has 2 saturated heterocycles. The van der Waals surface area contributed by atoms with Crippen LogP contribution in [-0.4, -0.2) is 71.7 Å². The number of rotatable bonds is 8. The molecule has 0 atom stereocenters. The Morgan fingerprint density at radius 2 is 1.03 bits per heavy atom. The molecule has 196 valence electrons. The van der Waals surface area contributed by atoms with Gasteiger partial charge in [-0.2, -0.15) is 0 Å². The lowest BCUT2D eigenvalue weighted by molar-refractivity contribution is -0.158. The van der Waals surface area contributed by atoms with Gasteiger partial charge >= 0.3 is 0 Å². The molecule has 2 aliphatic rings. The van der Waals surface area contributed by atoms with Crippen molar-refractivity contribution in [2.45, 2.75) is 40.0 Å². The second kappa shape index (κ2) is 9.89. The van der Waals surface area contributed by atoms with Gasteiger partial charge in [0.15, 0.2) is 0 Å². The van der Waals surface area contributed by atoms with Gasteiger partial charge in [-0.15, -0.1) is 10.2 Å². The second-order valence-electron chi connectivity index (χ2n) is 11.5. The van der Waals surface area contributed by atoms with E-state index in [4.69, 9.17) is 0 Å². The van der Waals surface area contributed by atoms with E-state index in [2.05, 4.69) is 68.5 Å². The van der Waals surface area contributed by atoms with Crippen molar-refractivity contribution in [3.05, 3.63) is 95.6 Å². The van der Waals surface area contributed by atoms with Crippen molar-refractivity contribution in [1.82, 2.24) is 39.8 Å². The standard InChI is InChI=1S/C29H34N8O/c1-28-19-34(15-25-17-36(32-30-25)13-23-9-5-3-6-10-23)21-29(2,27(28)38)22-35(20-28)16-26-18-37(33-31-26)14-24-11-7-4-8-12-24/h3-12,17-18H,13-16,19-22H2,1-2H3. The third-order valence-electron chi connectivity index (χ3n) is 7.70. The molecule has 9 nitrogen and oxygen atoms in total. The number of piperidine rings is 2. The second-order valence-corrected chi connectivity index (χ2v) is 11.5. The van der Waals surface area contributed by atoms with Crippen LogP contribution in [0.1, 0.15) is 36.4 Å². The van der Waals surface area contributed by atoms with Gasteiger partial charge in [-0.3, -0.25) is 14.6 Å². The maximum Gasteiger partial charge on any atom is 0.149 e. The van der Waals surface area contributed by atoms with Crippen LogP contribution in [0.2, 0.25) is 0 Å². The summed E-state index contributed by atoms with van der Waals surface area (Å²) in [6.07, 6.45) is 4.05. The Hall–Kier alpha value is -3.69. The zero-order valence-corrected chi connectivity index (χ0v) is 22.1. The molecule has 0 spiro atoms. The highest BCUT2D eigenvalue weighted by molar-refractivity contribution is 5.92. The van der Waals surface area contributed by atoms with Crippen LogP contribution in [0.5, 0.6) is 0 Å². The van der Waals surface area contributed by atoms with E-state index in [0.29, 0.717) is 58.1 Å². The van der Waals surface area contributed by atoms with Crippen LogP contribution >= 0.6 is 0 Å². The summed E-state index contributed by atoms with van der Waals surface area (Å²) in [6.45, 7) is 9.87. The van der Waals surface area contributed by atoms with E-state index in [1.165, 1.54) is 11.1 Å². The van der Waals surface area contributed by atoms with Crippen LogP contribution in [0.25, 0.3) is 0 Å². The summed E-state index contributed by atoms with van der Waals surface area (Å²) in [7, 11) is 0. The number of benzene rings is 2. The molecule has 38 heavy (non-hydrogen) atoms. The van der Waals surface area contributed by atoms with E-state index in [1.54, 1.807) is 0 Å². The summed E-state index contributed by atoms with van der Waals surface area (Å²) in [5, 5.41) is 17.5. The van der Waals surface area contributed by atoms with Gasteiger partial charge in [-0.1, -0.05) is 84.9 Å². The number of Topliss-reactive ketones (excluding diaryl/α,β-unsaturated/α-hetero) is 1. The maximum atomic E-state index is 13.5. The summed E-state index contributed by atoms with van der Waals surface area (Å²) in [5.74, 6) is 0.373. The largest absolute Gasteiger partial charge is 0.298 e. The topological polar surface area (TPSA) is 85.0 Å². The molecule has 0 saturated carbocycles. The predicted octanol–water partition coefficient (Wildman–Crippen LogP) is 2.88. The van der Waals surface area contributed by atoms with Crippen LogP contribution in [0.15, 0.2) is 73.1 Å². The van der Waals surface area contributed by atoms with Gasteiger partial charge in [-0.25, -0.2) is 9.36 Å². The number of nitrogens with zero attached hydrogens (tertiary/aromatic N) is 8. The summed E-state index contributed by atoms with van der Waals surface area (Å²) < 4.78 is 3.77. The van der Waals surface area contributed by atoms with E-state index in [0.717, 1.165) is 11.4 Å². The molecule has 0 unspecified atom stereocenters. The van der Waals surface area contributed by atoms with Crippen molar-refractivity contribution >= 4 is 5.78 Å². The maximum absolute atomic E-state index is 13.5. The number of likely N-dealkylation sites (tertiary alicyclic amines) is 2. The zero-order valence-electron chi connectivity index (χ0n) is 22.1. The minimum Gasteiger partial charge on any atom is -0.298 e. The molecule has 0 aliphatic carbocycles. The molecule has 4 heterocycles. The molecule has 2 bridgehead atoms. The van der Waals surface area contributed by atoms with E-state index in [-0.39, 0.29) is 0 Å². The summed E-state index contributed by atoms with van der Waals surface area (Å²) >= 11 is 0. The third kappa shape index (κ3) is 5.16. The highest BCUT2D eigenvalue weighted by Gasteiger charge is 2.55. The summed E-state index contributed by atoms with van der Waals surface area (Å²) in [6, 6.07) is 20.5. The minimum atomic E-state index is -0.439. The molecule has 2 aliphatic heterocycles. The molecule has 2 aromatic carbocycles. The molecule has 0 amide bonds. The van der Waals surface area contributed by atoms with E-state index >= 15 is 0 Å². The Balaban J connectivity index is 1.10. The minimum absolute atomic E-state index is 0.373. The fourth-order valence-corrected chi connectivity index (χ4v) is 6.40. The van der Waals surface area contributed by atoms with Gasteiger partial charge in [0, 0.05) is 39.3 Å². The Morgan fingerprint density at radius 1 is 0.632 bits per heavy atom. The Morgan fingerprint density at radius 3 is 1.42 bits per heavy atom. The lowest BCUT2D eigenvalue weighted by Gasteiger charge is -2.55. The number of ketones is 1. The molecule has 6 rings (SSSR count). The van der Waals surface area contributed by atoms with Crippen molar-refractivity contribution in [3.63, 3.8) is 0 Å². The normalized spacial score (nSPS) is 24.1.